The van der Waals surface area contributed by atoms with Gasteiger partial charge in [-0.05, 0) is 42.8 Å². The molecule has 0 spiro atoms. The number of halogens is 1. The second kappa shape index (κ2) is 8.56. The summed E-state index contributed by atoms with van der Waals surface area (Å²) in [6.45, 7) is 2.49. The number of aromatic nitrogens is 1. The fraction of sp³-hybridized carbons (Fsp3) is 0.143. The minimum atomic E-state index is -0.237. The first-order valence-corrected chi connectivity index (χ1v) is 8.84. The van der Waals surface area contributed by atoms with E-state index in [1.807, 2.05) is 43.3 Å². The minimum absolute atomic E-state index is 0.237. The number of carbonyl (C=O) groups is 1. The third-order valence-corrected chi connectivity index (χ3v) is 4.52. The average Bonchev–Trinajstić information content (AvgIpc) is 2.69. The quantitative estimate of drug-likeness (QED) is 0.636. The lowest BCUT2D eigenvalue weighted by Crippen LogP contribution is -2.12. The number of ether oxygens (including phenoxy) is 1. The van der Waals surface area contributed by atoms with E-state index >= 15 is 0 Å². The SMILES string of the molecule is COc1ccccc1CNc1ccc(C(=O)Nc2ccc(C)c(Cl)c2)cn1. The lowest BCUT2D eigenvalue weighted by molar-refractivity contribution is 0.102. The summed E-state index contributed by atoms with van der Waals surface area (Å²) in [5.74, 6) is 1.26. The number of methoxy groups -OCH3 is 1. The molecule has 1 aromatic heterocycles. The molecule has 0 aliphatic heterocycles. The van der Waals surface area contributed by atoms with Gasteiger partial charge in [0.05, 0.1) is 12.7 Å². The third-order valence-electron chi connectivity index (χ3n) is 4.11. The van der Waals surface area contributed by atoms with Crippen molar-refractivity contribution >= 4 is 29.0 Å². The Balaban J connectivity index is 1.62. The van der Waals surface area contributed by atoms with Crippen LogP contribution in [0, 0.1) is 6.92 Å². The predicted octanol–water partition coefficient (Wildman–Crippen LogP) is 4.92. The molecule has 0 fully saturated rings. The maximum absolute atomic E-state index is 12.4. The van der Waals surface area contributed by atoms with Crippen LogP contribution in [0.25, 0.3) is 0 Å². The zero-order chi connectivity index (χ0) is 19.2. The van der Waals surface area contributed by atoms with Gasteiger partial charge >= 0.3 is 0 Å². The maximum atomic E-state index is 12.4. The number of aryl methyl sites for hydroxylation is 1. The number of nitrogens with zero attached hydrogens (tertiary/aromatic N) is 1. The monoisotopic (exact) mass is 381 g/mol. The van der Waals surface area contributed by atoms with Crippen molar-refractivity contribution in [1.82, 2.24) is 4.98 Å². The Morgan fingerprint density at radius 2 is 1.96 bits per heavy atom. The highest BCUT2D eigenvalue weighted by Crippen LogP contribution is 2.21. The van der Waals surface area contributed by atoms with Crippen LogP contribution in [-0.2, 0) is 6.54 Å². The number of anilines is 2. The second-order valence-corrected chi connectivity index (χ2v) is 6.42. The van der Waals surface area contributed by atoms with Crippen LogP contribution in [0.4, 0.5) is 11.5 Å². The first-order chi connectivity index (χ1) is 13.1. The van der Waals surface area contributed by atoms with E-state index in [4.69, 9.17) is 16.3 Å². The zero-order valence-electron chi connectivity index (χ0n) is 15.1. The fourth-order valence-electron chi connectivity index (χ4n) is 2.54. The first-order valence-electron chi connectivity index (χ1n) is 8.46. The molecule has 3 rings (SSSR count). The molecule has 27 heavy (non-hydrogen) atoms. The highest BCUT2D eigenvalue weighted by molar-refractivity contribution is 6.31. The van der Waals surface area contributed by atoms with Crippen molar-refractivity contribution in [1.29, 1.82) is 0 Å². The number of rotatable bonds is 6. The van der Waals surface area contributed by atoms with E-state index in [1.165, 1.54) is 6.20 Å². The number of hydrogen-bond acceptors (Lipinski definition) is 4. The molecule has 138 valence electrons. The molecule has 1 amide bonds. The van der Waals surface area contributed by atoms with Gasteiger partial charge in [0.1, 0.15) is 11.6 Å². The summed E-state index contributed by atoms with van der Waals surface area (Å²) in [6.07, 6.45) is 1.54. The van der Waals surface area contributed by atoms with Crippen molar-refractivity contribution in [2.45, 2.75) is 13.5 Å². The van der Waals surface area contributed by atoms with Crippen LogP contribution >= 0.6 is 11.6 Å². The van der Waals surface area contributed by atoms with Gasteiger partial charge in [-0.2, -0.15) is 0 Å². The Labute approximate surface area is 163 Å². The number of carbonyl (C=O) groups excluding carboxylic acids is 1. The van der Waals surface area contributed by atoms with Crippen molar-refractivity contribution in [2.75, 3.05) is 17.7 Å². The van der Waals surface area contributed by atoms with Gasteiger partial charge in [-0.15, -0.1) is 0 Å². The summed E-state index contributed by atoms with van der Waals surface area (Å²) >= 11 is 6.09. The summed E-state index contributed by atoms with van der Waals surface area (Å²) in [5.41, 5.74) is 3.10. The smallest absolute Gasteiger partial charge is 0.257 e. The first kappa shape index (κ1) is 18.7. The van der Waals surface area contributed by atoms with E-state index in [-0.39, 0.29) is 5.91 Å². The highest BCUT2D eigenvalue weighted by Gasteiger charge is 2.08. The number of nitrogens with one attached hydrogen (secondary N) is 2. The molecular formula is C21H20ClN3O2. The van der Waals surface area contributed by atoms with E-state index in [0.717, 1.165) is 16.9 Å². The molecule has 0 aliphatic carbocycles. The van der Waals surface area contributed by atoms with Crippen LogP contribution in [0.1, 0.15) is 21.5 Å². The average molecular weight is 382 g/mol. The van der Waals surface area contributed by atoms with Crippen LogP contribution in [0.3, 0.4) is 0 Å². The van der Waals surface area contributed by atoms with E-state index in [9.17, 15) is 4.79 Å². The van der Waals surface area contributed by atoms with E-state index in [0.29, 0.717) is 28.6 Å². The number of benzene rings is 2. The molecule has 0 bridgehead atoms. The van der Waals surface area contributed by atoms with Gasteiger partial charge in [0.15, 0.2) is 0 Å². The Morgan fingerprint density at radius 1 is 1.15 bits per heavy atom. The summed E-state index contributed by atoms with van der Waals surface area (Å²) in [5, 5.41) is 6.66. The van der Waals surface area contributed by atoms with Crippen molar-refractivity contribution in [2.24, 2.45) is 0 Å². The summed E-state index contributed by atoms with van der Waals surface area (Å²) in [4.78, 5) is 16.7. The molecule has 2 N–H and O–H groups in total. The van der Waals surface area contributed by atoms with E-state index in [2.05, 4.69) is 15.6 Å². The molecule has 0 radical (unpaired) electrons. The third kappa shape index (κ3) is 4.77. The molecule has 0 aliphatic rings. The summed E-state index contributed by atoms with van der Waals surface area (Å²) < 4.78 is 5.33. The van der Waals surface area contributed by atoms with Gasteiger partial charge in [-0.3, -0.25) is 4.79 Å². The number of pyridine rings is 1. The number of amides is 1. The predicted molar refractivity (Wildman–Crippen MR) is 109 cm³/mol. The second-order valence-electron chi connectivity index (χ2n) is 6.02. The van der Waals surface area contributed by atoms with Crippen molar-refractivity contribution < 1.29 is 9.53 Å². The molecule has 2 aromatic carbocycles. The van der Waals surface area contributed by atoms with Crippen LogP contribution in [-0.4, -0.2) is 18.0 Å². The number of para-hydroxylation sites is 1. The standard InChI is InChI=1S/C21H20ClN3O2/c1-14-7-9-17(11-18(14)22)25-21(26)16-8-10-20(24-13-16)23-12-15-5-3-4-6-19(15)27-2/h3-11,13H,12H2,1-2H3,(H,23,24)(H,25,26). The van der Waals surface area contributed by atoms with Gasteiger partial charge < -0.3 is 15.4 Å². The van der Waals surface area contributed by atoms with Gasteiger partial charge in [0, 0.05) is 29.0 Å². The molecule has 1 heterocycles. The molecule has 0 atom stereocenters. The highest BCUT2D eigenvalue weighted by atomic mass is 35.5. The Hall–Kier alpha value is -3.05. The summed E-state index contributed by atoms with van der Waals surface area (Å²) in [7, 11) is 1.64. The van der Waals surface area contributed by atoms with Crippen LogP contribution in [0.15, 0.2) is 60.8 Å². The minimum Gasteiger partial charge on any atom is -0.496 e. The maximum Gasteiger partial charge on any atom is 0.257 e. The fourth-order valence-corrected chi connectivity index (χ4v) is 2.72. The molecule has 6 heteroatoms. The van der Waals surface area contributed by atoms with Crippen molar-refractivity contribution in [3.8, 4) is 5.75 Å². The van der Waals surface area contributed by atoms with Crippen LogP contribution < -0.4 is 15.4 Å². The Morgan fingerprint density at radius 3 is 2.67 bits per heavy atom. The lowest BCUT2D eigenvalue weighted by atomic mass is 10.2. The molecule has 5 nitrogen and oxygen atoms in total. The van der Waals surface area contributed by atoms with Gasteiger partial charge in [0.2, 0.25) is 0 Å². The van der Waals surface area contributed by atoms with Gasteiger partial charge in [-0.1, -0.05) is 35.9 Å². The summed E-state index contributed by atoms with van der Waals surface area (Å²) in [6, 6.07) is 16.7. The lowest BCUT2D eigenvalue weighted by Gasteiger charge is -2.10. The van der Waals surface area contributed by atoms with Gasteiger partial charge in [0.25, 0.3) is 5.91 Å². The van der Waals surface area contributed by atoms with Gasteiger partial charge in [-0.25, -0.2) is 4.98 Å². The van der Waals surface area contributed by atoms with Crippen LogP contribution in [0.5, 0.6) is 5.75 Å². The topological polar surface area (TPSA) is 63.2 Å². The van der Waals surface area contributed by atoms with Crippen molar-refractivity contribution in [3.63, 3.8) is 0 Å². The molecule has 0 unspecified atom stereocenters. The number of hydrogen-bond donors (Lipinski definition) is 2. The largest absolute Gasteiger partial charge is 0.496 e. The zero-order valence-corrected chi connectivity index (χ0v) is 15.9. The van der Waals surface area contributed by atoms with Crippen molar-refractivity contribution in [3.05, 3.63) is 82.5 Å². The normalized spacial score (nSPS) is 10.3. The van der Waals surface area contributed by atoms with Crippen LogP contribution in [0.2, 0.25) is 5.02 Å². The molecule has 0 saturated heterocycles. The Kier molecular flexibility index (Phi) is 5.94. The van der Waals surface area contributed by atoms with E-state index < -0.39 is 0 Å². The molecule has 3 aromatic rings. The van der Waals surface area contributed by atoms with E-state index in [1.54, 1.807) is 25.3 Å². The Bertz CT molecular complexity index is 942. The molecular weight excluding hydrogens is 362 g/mol. The molecule has 0 saturated carbocycles.